The Morgan fingerprint density at radius 2 is 2.05 bits per heavy atom. The molecular weight excluding hydrogens is 262 g/mol. The maximum atomic E-state index is 12.5. The number of ether oxygens (including phenoxy) is 1. The highest BCUT2D eigenvalue weighted by Gasteiger charge is 2.41. The minimum Gasteiger partial charge on any atom is -0.349 e. The van der Waals surface area contributed by atoms with Crippen LogP contribution < -0.4 is 4.90 Å². The molecule has 4 heteroatoms. The highest BCUT2D eigenvalue weighted by atomic mass is 35.5. The summed E-state index contributed by atoms with van der Waals surface area (Å²) in [5, 5.41) is 0.570. The van der Waals surface area contributed by atoms with E-state index in [0.717, 1.165) is 16.8 Å². The van der Waals surface area contributed by atoms with Gasteiger partial charge in [-0.05, 0) is 18.2 Å². The van der Waals surface area contributed by atoms with Gasteiger partial charge in [0, 0.05) is 21.7 Å². The van der Waals surface area contributed by atoms with E-state index >= 15 is 0 Å². The fraction of sp³-hybridized carbons (Fsp3) is 0.133. The van der Waals surface area contributed by atoms with Crippen molar-refractivity contribution in [2.24, 2.45) is 0 Å². The summed E-state index contributed by atoms with van der Waals surface area (Å²) in [4.78, 5) is 14.2. The number of para-hydroxylation sites is 1. The minimum absolute atomic E-state index is 0.0466. The molecular formula is C15H10ClNO2. The molecule has 2 aliphatic heterocycles. The smallest absolute Gasteiger partial charge is 0.261 e. The van der Waals surface area contributed by atoms with Crippen molar-refractivity contribution in [1.82, 2.24) is 0 Å². The van der Waals surface area contributed by atoms with Gasteiger partial charge >= 0.3 is 0 Å². The average Bonchev–Trinajstić information content (AvgIpc) is 2.72. The van der Waals surface area contributed by atoms with Gasteiger partial charge in [0.25, 0.3) is 5.91 Å². The molecule has 3 nitrogen and oxygen atoms in total. The van der Waals surface area contributed by atoms with Gasteiger partial charge in [-0.3, -0.25) is 9.69 Å². The third-order valence-electron chi connectivity index (χ3n) is 3.61. The van der Waals surface area contributed by atoms with Crippen LogP contribution in [0.1, 0.15) is 27.7 Å². The summed E-state index contributed by atoms with van der Waals surface area (Å²) in [5.74, 6) is -0.0466. The molecule has 4 rings (SSSR count). The first-order valence-electron chi connectivity index (χ1n) is 6.08. The highest BCUT2D eigenvalue weighted by Crippen LogP contribution is 2.43. The molecule has 2 heterocycles. The second-order valence-corrected chi connectivity index (χ2v) is 5.14. The molecule has 2 aromatic carbocycles. The van der Waals surface area contributed by atoms with E-state index in [4.69, 9.17) is 16.3 Å². The van der Waals surface area contributed by atoms with E-state index in [1.165, 1.54) is 0 Å². The van der Waals surface area contributed by atoms with Crippen molar-refractivity contribution < 1.29 is 9.53 Å². The fourth-order valence-corrected chi connectivity index (χ4v) is 2.91. The average molecular weight is 272 g/mol. The molecule has 94 valence electrons. The van der Waals surface area contributed by atoms with Gasteiger partial charge in [-0.15, -0.1) is 0 Å². The quantitative estimate of drug-likeness (QED) is 0.734. The molecule has 0 saturated heterocycles. The lowest BCUT2D eigenvalue weighted by atomic mass is 10.1. The zero-order valence-electron chi connectivity index (χ0n) is 9.97. The fourth-order valence-electron chi connectivity index (χ4n) is 2.74. The summed E-state index contributed by atoms with van der Waals surface area (Å²) in [7, 11) is 0. The summed E-state index contributed by atoms with van der Waals surface area (Å²) in [5.41, 5.74) is 3.49. The van der Waals surface area contributed by atoms with Crippen molar-refractivity contribution in [3.05, 3.63) is 64.2 Å². The van der Waals surface area contributed by atoms with Gasteiger partial charge in [-0.1, -0.05) is 35.9 Å². The van der Waals surface area contributed by atoms with E-state index in [0.29, 0.717) is 17.2 Å². The van der Waals surface area contributed by atoms with Crippen molar-refractivity contribution >= 4 is 23.2 Å². The molecule has 0 radical (unpaired) electrons. The minimum atomic E-state index is -0.324. The number of hydrogen-bond donors (Lipinski definition) is 0. The molecule has 2 aromatic rings. The molecule has 2 aliphatic rings. The van der Waals surface area contributed by atoms with Crippen LogP contribution in [-0.2, 0) is 11.3 Å². The third-order valence-corrected chi connectivity index (χ3v) is 3.85. The molecule has 1 amide bonds. The standard InChI is InChI=1S/C15H10ClNO2/c16-10-5-6-11-12(7-10)14(18)17-13-4-2-1-3-9(13)8-19-15(11)17/h1-7,15H,8H2. The van der Waals surface area contributed by atoms with E-state index < -0.39 is 0 Å². The van der Waals surface area contributed by atoms with Crippen LogP contribution in [0.25, 0.3) is 0 Å². The Hall–Kier alpha value is -1.84. The summed E-state index contributed by atoms with van der Waals surface area (Å²) in [6.07, 6.45) is -0.324. The van der Waals surface area contributed by atoms with Crippen molar-refractivity contribution in [2.45, 2.75) is 12.8 Å². The number of rotatable bonds is 0. The van der Waals surface area contributed by atoms with Gasteiger partial charge in [-0.25, -0.2) is 0 Å². The number of halogens is 1. The zero-order valence-corrected chi connectivity index (χ0v) is 10.7. The zero-order chi connectivity index (χ0) is 13.0. The van der Waals surface area contributed by atoms with Gasteiger partial charge in [0.05, 0.1) is 12.3 Å². The predicted octanol–water partition coefficient (Wildman–Crippen LogP) is 3.53. The maximum absolute atomic E-state index is 12.5. The Bertz CT molecular complexity index is 698. The number of fused-ring (bicyclic) bond motifs is 5. The largest absolute Gasteiger partial charge is 0.349 e. The Morgan fingerprint density at radius 3 is 2.95 bits per heavy atom. The van der Waals surface area contributed by atoms with Crippen LogP contribution in [0.15, 0.2) is 42.5 Å². The normalized spacial score (nSPS) is 19.9. The molecule has 0 N–H and O–H groups in total. The van der Waals surface area contributed by atoms with Gasteiger partial charge in [0.15, 0.2) is 6.23 Å². The van der Waals surface area contributed by atoms with Crippen LogP contribution in [0.5, 0.6) is 0 Å². The van der Waals surface area contributed by atoms with Crippen LogP contribution in [0.2, 0.25) is 5.02 Å². The summed E-state index contributed by atoms with van der Waals surface area (Å²) >= 11 is 5.97. The van der Waals surface area contributed by atoms with E-state index in [9.17, 15) is 4.79 Å². The van der Waals surface area contributed by atoms with Crippen molar-refractivity contribution in [2.75, 3.05) is 4.90 Å². The maximum Gasteiger partial charge on any atom is 0.261 e. The highest BCUT2D eigenvalue weighted by molar-refractivity contribution is 6.31. The number of amides is 1. The molecule has 0 aliphatic carbocycles. The Balaban J connectivity index is 1.91. The van der Waals surface area contributed by atoms with E-state index in [1.807, 2.05) is 30.3 Å². The van der Waals surface area contributed by atoms with Crippen LogP contribution in [0.4, 0.5) is 5.69 Å². The monoisotopic (exact) mass is 271 g/mol. The van der Waals surface area contributed by atoms with Crippen LogP contribution in [0, 0.1) is 0 Å². The third kappa shape index (κ3) is 1.46. The molecule has 0 spiro atoms. The lowest BCUT2D eigenvalue weighted by molar-refractivity contribution is 0.0319. The Labute approximate surface area is 115 Å². The molecule has 0 aromatic heterocycles. The van der Waals surface area contributed by atoms with Gasteiger partial charge in [-0.2, -0.15) is 0 Å². The Kier molecular flexibility index (Phi) is 2.22. The molecule has 0 fully saturated rings. The molecule has 1 atom stereocenters. The topological polar surface area (TPSA) is 29.5 Å². The lowest BCUT2D eigenvalue weighted by Gasteiger charge is -2.32. The first kappa shape index (κ1) is 11.0. The molecule has 19 heavy (non-hydrogen) atoms. The van der Waals surface area contributed by atoms with Gasteiger partial charge in [0.2, 0.25) is 0 Å². The van der Waals surface area contributed by atoms with Crippen LogP contribution in [0.3, 0.4) is 0 Å². The summed E-state index contributed by atoms with van der Waals surface area (Å²) in [6.45, 7) is 0.521. The van der Waals surface area contributed by atoms with E-state index in [2.05, 4.69) is 0 Å². The SMILES string of the molecule is O=C1c2cc(Cl)ccc2C2OCc3ccccc3N12. The van der Waals surface area contributed by atoms with Gasteiger partial charge in [0.1, 0.15) is 0 Å². The second-order valence-electron chi connectivity index (χ2n) is 4.70. The van der Waals surface area contributed by atoms with Gasteiger partial charge < -0.3 is 4.74 Å². The van der Waals surface area contributed by atoms with Crippen LogP contribution in [-0.4, -0.2) is 5.91 Å². The predicted molar refractivity (Wildman–Crippen MR) is 72.2 cm³/mol. The van der Waals surface area contributed by atoms with E-state index in [-0.39, 0.29) is 12.1 Å². The first-order chi connectivity index (χ1) is 9.25. The summed E-state index contributed by atoms with van der Waals surface area (Å²) in [6, 6.07) is 13.2. The van der Waals surface area contributed by atoms with Crippen molar-refractivity contribution in [3.63, 3.8) is 0 Å². The number of hydrogen-bond acceptors (Lipinski definition) is 2. The lowest BCUT2D eigenvalue weighted by Crippen LogP contribution is -2.33. The molecule has 0 bridgehead atoms. The number of carbonyl (C=O) groups is 1. The molecule has 1 unspecified atom stereocenters. The Morgan fingerprint density at radius 1 is 1.21 bits per heavy atom. The second kappa shape index (κ2) is 3.83. The number of nitrogens with zero attached hydrogens (tertiary/aromatic N) is 1. The van der Waals surface area contributed by atoms with Crippen LogP contribution >= 0.6 is 11.6 Å². The van der Waals surface area contributed by atoms with Crippen molar-refractivity contribution in [3.8, 4) is 0 Å². The first-order valence-corrected chi connectivity index (χ1v) is 6.46. The molecule has 0 saturated carbocycles. The number of benzene rings is 2. The number of anilines is 1. The van der Waals surface area contributed by atoms with E-state index in [1.54, 1.807) is 17.0 Å². The van der Waals surface area contributed by atoms with Crippen molar-refractivity contribution in [1.29, 1.82) is 0 Å². The summed E-state index contributed by atoms with van der Waals surface area (Å²) < 4.78 is 5.83. The number of carbonyl (C=O) groups excluding carboxylic acids is 1.